The van der Waals surface area contributed by atoms with Crippen LogP contribution in [0.1, 0.15) is 11.5 Å². The van der Waals surface area contributed by atoms with Crippen molar-refractivity contribution < 1.29 is 9.62 Å². The first-order valence-corrected chi connectivity index (χ1v) is 6.45. The number of nitrogens with zero attached hydrogens (tertiary/aromatic N) is 2. The van der Waals surface area contributed by atoms with Crippen molar-refractivity contribution in [2.24, 2.45) is 5.16 Å². The number of oxazole rings is 1. The molecule has 3 aromatic rings. The van der Waals surface area contributed by atoms with Gasteiger partial charge < -0.3 is 9.62 Å². The molecule has 2 aromatic carbocycles. The van der Waals surface area contributed by atoms with E-state index in [1.807, 2.05) is 30.3 Å². The fourth-order valence-corrected chi connectivity index (χ4v) is 2.13. The molecule has 20 heavy (non-hydrogen) atoms. The van der Waals surface area contributed by atoms with Crippen LogP contribution in [0.25, 0.3) is 11.1 Å². The minimum absolute atomic E-state index is 0.300. The molecule has 0 radical (unpaired) electrons. The molecule has 1 N–H and O–H groups in total. The van der Waals surface area contributed by atoms with E-state index in [2.05, 4.69) is 10.1 Å². The average Bonchev–Trinajstić information content (AvgIpc) is 2.88. The second-order valence-corrected chi connectivity index (χ2v) is 4.78. The third-order valence-corrected chi connectivity index (χ3v) is 3.17. The molecular formula is C15H11ClN2O2. The minimum atomic E-state index is 0.300. The highest BCUT2D eigenvalue weighted by Crippen LogP contribution is 2.21. The summed E-state index contributed by atoms with van der Waals surface area (Å²) < 4.78 is 5.59. The maximum absolute atomic E-state index is 9.18. The van der Waals surface area contributed by atoms with Gasteiger partial charge in [-0.05, 0) is 23.8 Å². The van der Waals surface area contributed by atoms with E-state index < -0.39 is 0 Å². The summed E-state index contributed by atoms with van der Waals surface area (Å²) in [6.07, 6.45) is 0.442. The van der Waals surface area contributed by atoms with Gasteiger partial charge in [-0.15, -0.1) is 0 Å². The molecule has 0 atom stereocenters. The molecule has 0 saturated heterocycles. The molecule has 0 unspecified atom stereocenters. The highest BCUT2D eigenvalue weighted by atomic mass is 35.5. The highest BCUT2D eigenvalue weighted by Gasteiger charge is 2.14. The number of rotatable bonds is 3. The monoisotopic (exact) mass is 286 g/mol. The molecule has 0 spiro atoms. The van der Waals surface area contributed by atoms with Crippen LogP contribution in [0.15, 0.2) is 58.1 Å². The van der Waals surface area contributed by atoms with Crippen LogP contribution in [0.4, 0.5) is 0 Å². The maximum atomic E-state index is 9.18. The predicted octanol–water partition coefficient (Wildman–Crippen LogP) is 3.90. The van der Waals surface area contributed by atoms with E-state index in [9.17, 15) is 5.21 Å². The number of hydrogen-bond acceptors (Lipinski definition) is 4. The summed E-state index contributed by atoms with van der Waals surface area (Å²) in [7, 11) is 0. The van der Waals surface area contributed by atoms with Crippen molar-refractivity contribution in [2.75, 3.05) is 0 Å². The summed E-state index contributed by atoms with van der Waals surface area (Å²) in [5.74, 6) is 0.300. The number of oxime groups is 1. The lowest BCUT2D eigenvalue weighted by Gasteiger charge is -2.00. The van der Waals surface area contributed by atoms with Gasteiger partial charge in [0.15, 0.2) is 5.58 Å². The van der Waals surface area contributed by atoms with Crippen LogP contribution < -0.4 is 0 Å². The van der Waals surface area contributed by atoms with Crippen LogP contribution in [0, 0.1) is 0 Å². The van der Waals surface area contributed by atoms with Gasteiger partial charge in [0.25, 0.3) is 0 Å². The average molecular weight is 287 g/mol. The smallest absolute Gasteiger partial charge is 0.245 e. The van der Waals surface area contributed by atoms with Crippen molar-refractivity contribution in [3.63, 3.8) is 0 Å². The lowest BCUT2D eigenvalue weighted by molar-refractivity contribution is 0.317. The van der Waals surface area contributed by atoms with Crippen molar-refractivity contribution in [2.45, 2.75) is 6.42 Å². The van der Waals surface area contributed by atoms with Crippen LogP contribution >= 0.6 is 11.6 Å². The van der Waals surface area contributed by atoms with Crippen molar-refractivity contribution in [3.8, 4) is 0 Å². The first kappa shape index (κ1) is 12.7. The standard InChI is InChI=1S/C15H11ClN2O2/c16-11-6-7-14-12(9-11)17-15(20-14)13(18-19)8-10-4-2-1-3-5-10/h1-7,9,19H,8H2/b18-13+. The van der Waals surface area contributed by atoms with E-state index in [0.29, 0.717) is 34.1 Å². The molecule has 5 heteroatoms. The summed E-state index contributed by atoms with van der Waals surface area (Å²) in [5, 5.41) is 13.1. The lowest BCUT2D eigenvalue weighted by Crippen LogP contribution is -2.05. The van der Waals surface area contributed by atoms with Crippen molar-refractivity contribution >= 4 is 28.4 Å². The molecule has 0 fully saturated rings. The topological polar surface area (TPSA) is 58.6 Å². The summed E-state index contributed by atoms with van der Waals surface area (Å²) in [6.45, 7) is 0. The van der Waals surface area contributed by atoms with Gasteiger partial charge in [-0.2, -0.15) is 0 Å². The summed E-state index contributed by atoms with van der Waals surface area (Å²) in [4.78, 5) is 4.30. The Bertz CT molecular complexity index is 766. The van der Waals surface area contributed by atoms with Crippen LogP contribution in [0.2, 0.25) is 5.02 Å². The summed E-state index contributed by atoms with van der Waals surface area (Å²) >= 11 is 5.91. The molecule has 3 rings (SSSR count). The van der Waals surface area contributed by atoms with Gasteiger partial charge >= 0.3 is 0 Å². The molecule has 0 bridgehead atoms. The molecule has 0 aliphatic heterocycles. The molecule has 0 aliphatic carbocycles. The van der Waals surface area contributed by atoms with Crippen LogP contribution in [0.5, 0.6) is 0 Å². The third-order valence-electron chi connectivity index (χ3n) is 2.93. The van der Waals surface area contributed by atoms with E-state index in [4.69, 9.17) is 16.0 Å². The van der Waals surface area contributed by atoms with Crippen LogP contribution in [-0.4, -0.2) is 15.9 Å². The van der Waals surface area contributed by atoms with Crippen molar-refractivity contribution in [1.29, 1.82) is 0 Å². The lowest BCUT2D eigenvalue weighted by atomic mass is 10.1. The normalized spacial score (nSPS) is 11.9. The number of hydrogen-bond donors (Lipinski definition) is 1. The molecule has 1 heterocycles. The maximum Gasteiger partial charge on any atom is 0.245 e. The van der Waals surface area contributed by atoms with E-state index >= 15 is 0 Å². The second kappa shape index (κ2) is 5.35. The molecule has 1 aromatic heterocycles. The highest BCUT2D eigenvalue weighted by molar-refractivity contribution is 6.31. The molecule has 0 saturated carbocycles. The minimum Gasteiger partial charge on any atom is -0.435 e. The first-order chi connectivity index (χ1) is 9.76. The van der Waals surface area contributed by atoms with Gasteiger partial charge in [-0.25, -0.2) is 4.98 Å². The van der Waals surface area contributed by atoms with Gasteiger partial charge in [0.2, 0.25) is 5.89 Å². The second-order valence-electron chi connectivity index (χ2n) is 4.34. The fourth-order valence-electron chi connectivity index (χ4n) is 1.97. The Kier molecular flexibility index (Phi) is 3.39. The van der Waals surface area contributed by atoms with E-state index in [0.717, 1.165) is 5.56 Å². The van der Waals surface area contributed by atoms with Gasteiger partial charge in [-0.3, -0.25) is 0 Å². The van der Waals surface area contributed by atoms with Gasteiger partial charge in [-0.1, -0.05) is 47.1 Å². The summed E-state index contributed by atoms with van der Waals surface area (Å²) in [6, 6.07) is 14.9. The van der Waals surface area contributed by atoms with Crippen LogP contribution in [0.3, 0.4) is 0 Å². The molecule has 100 valence electrons. The van der Waals surface area contributed by atoms with E-state index in [-0.39, 0.29) is 0 Å². The zero-order valence-corrected chi connectivity index (χ0v) is 11.2. The number of fused-ring (bicyclic) bond motifs is 1. The zero-order chi connectivity index (χ0) is 13.9. The molecule has 0 aliphatic rings. The Balaban J connectivity index is 1.95. The number of halogens is 1. The Hall–Kier alpha value is -2.33. The van der Waals surface area contributed by atoms with Crippen molar-refractivity contribution in [1.82, 2.24) is 4.98 Å². The Morgan fingerprint density at radius 1 is 1.20 bits per heavy atom. The van der Waals surface area contributed by atoms with Gasteiger partial charge in [0.1, 0.15) is 11.2 Å². The predicted molar refractivity (Wildman–Crippen MR) is 77.5 cm³/mol. The largest absolute Gasteiger partial charge is 0.435 e. The fraction of sp³-hybridized carbons (Fsp3) is 0.0667. The molecule has 4 nitrogen and oxygen atoms in total. The molecular weight excluding hydrogens is 276 g/mol. The number of benzene rings is 2. The van der Waals surface area contributed by atoms with Crippen LogP contribution in [-0.2, 0) is 6.42 Å². The zero-order valence-electron chi connectivity index (χ0n) is 10.5. The Labute approximate surface area is 120 Å². The Morgan fingerprint density at radius 2 is 2.00 bits per heavy atom. The van der Waals surface area contributed by atoms with Gasteiger partial charge in [0.05, 0.1) is 0 Å². The van der Waals surface area contributed by atoms with E-state index in [1.165, 1.54) is 0 Å². The third kappa shape index (κ3) is 2.51. The van der Waals surface area contributed by atoms with E-state index in [1.54, 1.807) is 18.2 Å². The van der Waals surface area contributed by atoms with Crippen molar-refractivity contribution in [3.05, 3.63) is 65.0 Å². The number of aromatic nitrogens is 1. The quantitative estimate of drug-likeness (QED) is 0.451. The first-order valence-electron chi connectivity index (χ1n) is 6.07. The Morgan fingerprint density at radius 3 is 2.75 bits per heavy atom. The van der Waals surface area contributed by atoms with Gasteiger partial charge in [0, 0.05) is 11.4 Å². The SMILES string of the molecule is O/N=C(\Cc1ccccc1)c1nc2cc(Cl)ccc2o1. The summed E-state index contributed by atoms with van der Waals surface area (Å²) in [5.41, 5.74) is 2.64. The molecule has 0 amide bonds.